The lowest BCUT2D eigenvalue weighted by Gasteiger charge is -2.26. The maximum atomic E-state index is 9.97. The molecule has 0 fully saturated rings. The zero-order valence-electron chi connectivity index (χ0n) is 13.2. The van der Waals surface area contributed by atoms with Crippen molar-refractivity contribution in [3.05, 3.63) is 23.8 Å². The summed E-state index contributed by atoms with van der Waals surface area (Å²) >= 11 is 0. The van der Waals surface area contributed by atoms with Crippen molar-refractivity contribution in [3.8, 4) is 11.5 Å². The van der Waals surface area contributed by atoms with Crippen molar-refractivity contribution < 1.29 is 14.6 Å². The van der Waals surface area contributed by atoms with Gasteiger partial charge in [0.2, 0.25) is 0 Å². The Morgan fingerprint density at radius 3 is 2.50 bits per heavy atom. The molecule has 114 valence electrons. The quantitative estimate of drug-likeness (QED) is 0.806. The van der Waals surface area contributed by atoms with E-state index in [1.165, 1.54) is 0 Å². The van der Waals surface area contributed by atoms with Crippen molar-refractivity contribution in [3.63, 3.8) is 0 Å². The van der Waals surface area contributed by atoms with Crippen molar-refractivity contribution >= 4 is 0 Å². The molecule has 0 aromatic heterocycles. The lowest BCUT2D eigenvalue weighted by Crippen LogP contribution is -2.36. The van der Waals surface area contributed by atoms with Crippen LogP contribution >= 0.6 is 0 Å². The second-order valence-corrected chi connectivity index (χ2v) is 5.93. The van der Waals surface area contributed by atoms with Crippen LogP contribution in [0, 0.1) is 5.41 Å². The molecule has 0 amide bonds. The van der Waals surface area contributed by atoms with E-state index in [0.717, 1.165) is 17.1 Å². The first-order chi connectivity index (χ1) is 9.38. The second kappa shape index (κ2) is 7.50. The number of nitrogens with one attached hydrogen (secondary N) is 1. The summed E-state index contributed by atoms with van der Waals surface area (Å²) in [5.41, 5.74) is 0.996. The van der Waals surface area contributed by atoms with Gasteiger partial charge in [-0.05, 0) is 30.0 Å². The van der Waals surface area contributed by atoms with Gasteiger partial charge in [0, 0.05) is 13.1 Å². The normalized spacial score (nSPS) is 13.1. The Kier molecular flexibility index (Phi) is 6.30. The molecule has 1 aromatic carbocycles. The monoisotopic (exact) mass is 281 g/mol. The van der Waals surface area contributed by atoms with Crippen molar-refractivity contribution in [2.75, 3.05) is 20.3 Å². The summed E-state index contributed by atoms with van der Waals surface area (Å²) in [5.74, 6) is 1.50. The number of aliphatic hydroxyl groups is 1. The second-order valence-electron chi connectivity index (χ2n) is 5.93. The average Bonchev–Trinajstić information content (AvgIpc) is 2.39. The highest BCUT2D eigenvalue weighted by molar-refractivity contribution is 5.42. The predicted molar refractivity (Wildman–Crippen MR) is 81.3 cm³/mol. The Morgan fingerprint density at radius 1 is 1.25 bits per heavy atom. The molecule has 0 aliphatic rings. The van der Waals surface area contributed by atoms with E-state index in [1.54, 1.807) is 7.11 Å². The van der Waals surface area contributed by atoms with E-state index in [2.05, 4.69) is 5.32 Å². The highest BCUT2D eigenvalue weighted by atomic mass is 16.5. The van der Waals surface area contributed by atoms with E-state index >= 15 is 0 Å². The number of hydrogen-bond donors (Lipinski definition) is 2. The first-order valence-electron chi connectivity index (χ1n) is 7.07. The molecule has 0 heterocycles. The van der Waals surface area contributed by atoms with Crippen LogP contribution in [0.15, 0.2) is 18.2 Å². The molecule has 4 heteroatoms. The van der Waals surface area contributed by atoms with Crippen LogP contribution in [0.3, 0.4) is 0 Å². The minimum atomic E-state index is -0.368. The topological polar surface area (TPSA) is 50.7 Å². The minimum Gasteiger partial charge on any atom is -0.493 e. The van der Waals surface area contributed by atoms with Gasteiger partial charge in [0.25, 0.3) is 0 Å². The van der Waals surface area contributed by atoms with Crippen LogP contribution in [0.2, 0.25) is 0 Å². The van der Waals surface area contributed by atoms with Crippen molar-refractivity contribution in [1.29, 1.82) is 0 Å². The number of aliphatic hydroxyl groups excluding tert-OH is 1. The predicted octanol–water partition coefficient (Wildman–Crippen LogP) is 2.59. The fraction of sp³-hybridized carbons (Fsp3) is 0.625. The molecule has 0 aliphatic heterocycles. The van der Waals surface area contributed by atoms with Crippen LogP contribution < -0.4 is 14.8 Å². The molecule has 0 radical (unpaired) electrons. The molecule has 1 aromatic rings. The first-order valence-corrected chi connectivity index (χ1v) is 7.07. The molecular formula is C16H27NO3. The third kappa shape index (κ3) is 5.02. The molecular weight excluding hydrogens is 254 g/mol. The van der Waals surface area contributed by atoms with Crippen LogP contribution in [-0.4, -0.2) is 31.5 Å². The minimum absolute atomic E-state index is 0.108. The maximum Gasteiger partial charge on any atom is 0.161 e. The Hall–Kier alpha value is -1.26. The molecule has 4 nitrogen and oxygen atoms in total. The molecule has 20 heavy (non-hydrogen) atoms. The summed E-state index contributed by atoms with van der Waals surface area (Å²) in [5, 5.41) is 13.2. The van der Waals surface area contributed by atoms with E-state index in [9.17, 15) is 5.11 Å². The van der Waals surface area contributed by atoms with E-state index in [0.29, 0.717) is 19.7 Å². The van der Waals surface area contributed by atoms with E-state index in [4.69, 9.17) is 9.47 Å². The van der Waals surface area contributed by atoms with Gasteiger partial charge in [-0.1, -0.05) is 26.8 Å². The average molecular weight is 281 g/mol. The number of rotatable bonds is 7. The van der Waals surface area contributed by atoms with Gasteiger partial charge in [-0.15, -0.1) is 0 Å². The molecule has 0 aliphatic carbocycles. The fourth-order valence-corrected chi connectivity index (χ4v) is 1.76. The van der Waals surface area contributed by atoms with Gasteiger partial charge in [-0.25, -0.2) is 0 Å². The van der Waals surface area contributed by atoms with Crippen molar-refractivity contribution in [2.45, 2.75) is 40.3 Å². The molecule has 0 saturated carbocycles. The zero-order chi connectivity index (χ0) is 15.2. The molecule has 2 N–H and O–H groups in total. The Morgan fingerprint density at radius 2 is 1.95 bits per heavy atom. The first kappa shape index (κ1) is 16.8. The number of methoxy groups -OCH3 is 1. The Labute approximate surface area is 122 Å². The maximum absolute atomic E-state index is 9.97. The number of hydrogen-bond acceptors (Lipinski definition) is 4. The van der Waals surface area contributed by atoms with Gasteiger partial charge >= 0.3 is 0 Å². The van der Waals surface area contributed by atoms with Crippen LogP contribution in [0.4, 0.5) is 0 Å². The summed E-state index contributed by atoms with van der Waals surface area (Å²) in [6.07, 6.45) is -0.368. The molecule has 0 bridgehead atoms. The van der Waals surface area contributed by atoms with Crippen LogP contribution in [0.1, 0.15) is 33.3 Å². The molecule has 1 atom stereocenters. The van der Waals surface area contributed by atoms with Gasteiger partial charge in [-0.2, -0.15) is 0 Å². The van der Waals surface area contributed by atoms with Gasteiger partial charge in [0.1, 0.15) is 0 Å². The summed E-state index contributed by atoms with van der Waals surface area (Å²) in [7, 11) is 1.64. The Balaban J connectivity index is 2.56. The number of ether oxygens (including phenoxy) is 2. The molecule has 1 rings (SSSR count). The van der Waals surface area contributed by atoms with Crippen molar-refractivity contribution in [2.24, 2.45) is 5.41 Å². The van der Waals surface area contributed by atoms with E-state index < -0.39 is 0 Å². The SMILES string of the molecule is CCOc1ccc(CNCC(O)C(C)(C)C)cc1OC. The molecule has 1 unspecified atom stereocenters. The number of benzene rings is 1. The largest absolute Gasteiger partial charge is 0.493 e. The smallest absolute Gasteiger partial charge is 0.161 e. The Bertz CT molecular complexity index is 413. The summed E-state index contributed by atoms with van der Waals surface area (Å²) in [4.78, 5) is 0. The standard InChI is InChI=1S/C16H27NO3/c1-6-20-13-8-7-12(9-14(13)19-5)10-17-11-15(18)16(2,3)4/h7-9,15,17-18H,6,10-11H2,1-5H3. The molecule has 0 spiro atoms. The zero-order valence-corrected chi connectivity index (χ0v) is 13.2. The summed E-state index contributed by atoms with van der Waals surface area (Å²) in [6.45, 7) is 9.90. The highest BCUT2D eigenvalue weighted by Crippen LogP contribution is 2.28. The van der Waals surface area contributed by atoms with Gasteiger partial charge in [-0.3, -0.25) is 0 Å². The van der Waals surface area contributed by atoms with Gasteiger partial charge in [0.15, 0.2) is 11.5 Å². The van der Waals surface area contributed by atoms with Crippen LogP contribution in [0.25, 0.3) is 0 Å². The van der Waals surface area contributed by atoms with Gasteiger partial charge < -0.3 is 19.9 Å². The van der Waals surface area contributed by atoms with Gasteiger partial charge in [0.05, 0.1) is 19.8 Å². The third-order valence-electron chi connectivity index (χ3n) is 3.19. The molecule has 0 saturated heterocycles. The lowest BCUT2D eigenvalue weighted by atomic mass is 9.89. The third-order valence-corrected chi connectivity index (χ3v) is 3.19. The van der Waals surface area contributed by atoms with Crippen LogP contribution in [-0.2, 0) is 6.54 Å². The van der Waals surface area contributed by atoms with Crippen molar-refractivity contribution in [1.82, 2.24) is 5.32 Å². The summed E-state index contributed by atoms with van der Waals surface area (Å²) in [6, 6.07) is 5.88. The summed E-state index contributed by atoms with van der Waals surface area (Å²) < 4.78 is 10.8. The fourth-order valence-electron chi connectivity index (χ4n) is 1.76. The highest BCUT2D eigenvalue weighted by Gasteiger charge is 2.21. The van der Waals surface area contributed by atoms with E-state index in [1.807, 2.05) is 45.9 Å². The van der Waals surface area contributed by atoms with Crippen LogP contribution in [0.5, 0.6) is 11.5 Å². The van der Waals surface area contributed by atoms with E-state index in [-0.39, 0.29) is 11.5 Å². The lowest BCUT2D eigenvalue weighted by molar-refractivity contribution is 0.0627.